The zero-order valence-corrected chi connectivity index (χ0v) is 45.5. The lowest BCUT2D eigenvalue weighted by Crippen LogP contribution is -2.60. The standard InChI is InChI=1S/C50H82N12O13S/c1-27(2)21-34(44(69)56-32(42(53)67)17-20-76-7)59-48(73)38(22-28(3)4)62-19-16-33(50(62)75)55-39(64)25-54-49(74)41(29(5)6)61-46(71)35(23-30-13-9-8-10-14-30)58-47(72)37(26-63)60-45(70)36(24-40(65)66)57-43(68)31(52)15-11-12-18-51/h8-10,13-14,27-29,31-38,41,63H,11-12,15-26,51-52H2,1-7H3,(H2,53,67)(H,54,74)(H,55,64)(H,56,69)(H,57,68)(H,58,72)(H,59,73)(H,60,70)(H,61,71)(H,65,66)/t31-,32-,33+,34-,35-,36-,37-,38-,41-/m0/s1. The zero-order valence-electron chi connectivity index (χ0n) is 44.7. The van der Waals surface area contributed by atoms with Crippen LogP contribution < -0.4 is 59.7 Å². The maximum atomic E-state index is 14.0. The van der Waals surface area contributed by atoms with Gasteiger partial charge in [0, 0.05) is 13.0 Å². The van der Waals surface area contributed by atoms with E-state index in [-0.39, 0.29) is 50.5 Å². The molecular weight excluding hydrogens is 1010 g/mol. The molecule has 1 heterocycles. The van der Waals surface area contributed by atoms with Crippen LogP contribution in [0, 0.1) is 17.8 Å². The number of nitrogens with one attached hydrogen (secondary N) is 8. The van der Waals surface area contributed by atoms with Gasteiger partial charge in [-0.15, -0.1) is 0 Å². The van der Waals surface area contributed by atoms with Crippen molar-refractivity contribution < 1.29 is 63.0 Å². The number of rotatable bonds is 35. The van der Waals surface area contributed by atoms with Gasteiger partial charge in [-0.05, 0) is 80.4 Å². The van der Waals surface area contributed by atoms with Gasteiger partial charge in [-0.3, -0.25) is 52.7 Å². The lowest BCUT2D eigenvalue weighted by atomic mass is 9.99. The summed E-state index contributed by atoms with van der Waals surface area (Å²) in [5.74, 6) is -9.51. The maximum absolute atomic E-state index is 14.0. The third kappa shape index (κ3) is 22.8. The van der Waals surface area contributed by atoms with E-state index in [0.717, 1.165) is 0 Å². The highest BCUT2D eigenvalue weighted by atomic mass is 32.2. The predicted octanol–water partition coefficient (Wildman–Crippen LogP) is -2.75. The monoisotopic (exact) mass is 1090 g/mol. The van der Waals surface area contributed by atoms with E-state index in [2.05, 4.69) is 42.5 Å². The lowest BCUT2D eigenvalue weighted by Gasteiger charge is -2.31. The Morgan fingerprint density at radius 2 is 1.28 bits per heavy atom. The van der Waals surface area contributed by atoms with Crippen LogP contribution in [0.15, 0.2) is 30.3 Å². The normalized spacial score (nSPS) is 16.5. The smallest absolute Gasteiger partial charge is 0.305 e. The fraction of sp³-hybridized carbons (Fsp3) is 0.660. The first-order valence-corrected chi connectivity index (χ1v) is 27.0. The fourth-order valence-electron chi connectivity index (χ4n) is 8.14. The van der Waals surface area contributed by atoms with Gasteiger partial charge in [0.25, 0.3) is 0 Å². The van der Waals surface area contributed by atoms with Crippen molar-refractivity contribution in [2.75, 3.05) is 38.2 Å². The molecule has 0 bridgehead atoms. The SMILES string of the molecule is CSCC[C@H](NC(=O)[C@H](CC(C)C)NC(=O)[C@H](CC(C)C)N1CC[C@@H](NC(=O)CNC(=O)[C@@H](NC(=O)[C@H](Cc2ccccc2)NC(=O)[C@H](CO)NC(=O)[C@H](CC(=O)O)NC(=O)[C@@H](N)CCCCN)C(C)C)C1=O)C(N)=O. The van der Waals surface area contributed by atoms with Crippen LogP contribution in [0.4, 0.5) is 0 Å². The molecular formula is C50H82N12O13S. The van der Waals surface area contributed by atoms with Crippen molar-refractivity contribution in [2.24, 2.45) is 35.0 Å². The van der Waals surface area contributed by atoms with E-state index in [4.69, 9.17) is 17.2 Å². The van der Waals surface area contributed by atoms with E-state index in [1.165, 1.54) is 16.7 Å². The molecule has 0 unspecified atom stereocenters. The molecule has 25 nitrogen and oxygen atoms in total. The Labute approximate surface area is 448 Å². The third-order valence-electron chi connectivity index (χ3n) is 12.3. The molecule has 26 heteroatoms. The summed E-state index contributed by atoms with van der Waals surface area (Å²) in [7, 11) is 0. The summed E-state index contributed by atoms with van der Waals surface area (Å²) in [5, 5.41) is 39.8. The number of unbranched alkanes of at least 4 members (excludes halogenated alkanes) is 1. The highest BCUT2D eigenvalue weighted by molar-refractivity contribution is 7.98. The van der Waals surface area contributed by atoms with Crippen molar-refractivity contribution in [3.63, 3.8) is 0 Å². The van der Waals surface area contributed by atoms with Crippen molar-refractivity contribution in [2.45, 2.75) is 154 Å². The van der Waals surface area contributed by atoms with Crippen LogP contribution in [-0.2, 0) is 59.2 Å². The molecule has 0 saturated carbocycles. The Bertz CT molecular complexity index is 2140. The van der Waals surface area contributed by atoms with Crippen LogP contribution in [0.3, 0.4) is 0 Å². The Morgan fingerprint density at radius 1 is 0.711 bits per heavy atom. The first kappa shape index (κ1) is 65.7. The Balaban J connectivity index is 2.19. The molecule has 0 aliphatic carbocycles. The number of carbonyl (C=O) groups is 11. The number of amides is 10. The van der Waals surface area contributed by atoms with Crippen LogP contribution in [0.5, 0.6) is 0 Å². The number of primary amides is 1. The van der Waals surface area contributed by atoms with Gasteiger partial charge in [0.15, 0.2) is 0 Å². The van der Waals surface area contributed by atoms with Gasteiger partial charge in [0.1, 0.15) is 48.3 Å². The predicted molar refractivity (Wildman–Crippen MR) is 283 cm³/mol. The molecule has 0 radical (unpaired) electrons. The second-order valence-corrected chi connectivity index (χ2v) is 21.0. The number of carboxylic acid groups (broad SMARTS) is 1. The van der Waals surface area contributed by atoms with E-state index in [9.17, 15) is 63.0 Å². The summed E-state index contributed by atoms with van der Waals surface area (Å²) in [4.78, 5) is 147. The van der Waals surface area contributed by atoms with Gasteiger partial charge in [-0.25, -0.2) is 0 Å². The average Bonchev–Trinajstić information content (AvgIpc) is 3.71. The number of likely N-dealkylation sites (tertiary alicyclic amines) is 1. The maximum Gasteiger partial charge on any atom is 0.305 e. The summed E-state index contributed by atoms with van der Waals surface area (Å²) < 4.78 is 0. The lowest BCUT2D eigenvalue weighted by molar-refractivity contribution is -0.141. The van der Waals surface area contributed by atoms with Crippen molar-refractivity contribution in [1.82, 2.24) is 47.4 Å². The van der Waals surface area contributed by atoms with Crippen LogP contribution >= 0.6 is 11.8 Å². The summed E-state index contributed by atoms with van der Waals surface area (Å²) in [6.45, 7) is 9.50. The number of thioether (sulfide) groups is 1. The van der Waals surface area contributed by atoms with Crippen LogP contribution in [0.25, 0.3) is 0 Å². The Morgan fingerprint density at radius 3 is 1.84 bits per heavy atom. The summed E-state index contributed by atoms with van der Waals surface area (Å²) in [6.07, 6.45) is 2.95. The van der Waals surface area contributed by atoms with Crippen molar-refractivity contribution in [3.8, 4) is 0 Å². The summed E-state index contributed by atoms with van der Waals surface area (Å²) >= 11 is 1.48. The second kappa shape index (κ2) is 33.6. The number of benzene rings is 1. The number of hydrogen-bond acceptors (Lipinski definition) is 15. The summed E-state index contributed by atoms with van der Waals surface area (Å²) in [6, 6.07) is -2.92. The van der Waals surface area contributed by atoms with Gasteiger partial charge in [0.2, 0.25) is 59.1 Å². The highest BCUT2D eigenvalue weighted by Gasteiger charge is 2.41. The highest BCUT2D eigenvalue weighted by Crippen LogP contribution is 2.21. The summed E-state index contributed by atoms with van der Waals surface area (Å²) in [5.41, 5.74) is 17.5. The number of aliphatic hydroxyl groups excluding tert-OH is 1. The zero-order chi connectivity index (χ0) is 57.2. The molecule has 426 valence electrons. The van der Waals surface area contributed by atoms with E-state index < -0.39 is 145 Å². The minimum atomic E-state index is -1.75. The van der Waals surface area contributed by atoms with Crippen molar-refractivity contribution in [1.29, 1.82) is 0 Å². The molecule has 1 fully saturated rings. The minimum absolute atomic E-state index is 0.0443. The molecule has 0 aromatic heterocycles. The first-order valence-electron chi connectivity index (χ1n) is 25.6. The quantitative estimate of drug-likeness (QED) is 0.0307. The van der Waals surface area contributed by atoms with Crippen LogP contribution in [0.2, 0.25) is 0 Å². The van der Waals surface area contributed by atoms with Gasteiger partial charge >= 0.3 is 5.97 Å². The number of carbonyl (C=O) groups excluding carboxylic acids is 10. The molecule has 1 saturated heterocycles. The number of hydrogen-bond donors (Lipinski definition) is 13. The van der Waals surface area contributed by atoms with E-state index in [1.54, 1.807) is 44.2 Å². The molecule has 0 spiro atoms. The molecule has 10 amide bonds. The van der Waals surface area contributed by atoms with Crippen LogP contribution in [-0.4, -0.2) is 173 Å². The van der Waals surface area contributed by atoms with E-state index in [0.29, 0.717) is 37.1 Å². The molecule has 2 rings (SSSR count). The number of carboxylic acids is 1. The van der Waals surface area contributed by atoms with Gasteiger partial charge in [-0.2, -0.15) is 11.8 Å². The van der Waals surface area contributed by atoms with Gasteiger partial charge in [-0.1, -0.05) is 78.3 Å². The van der Waals surface area contributed by atoms with Gasteiger partial charge in [0.05, 0.1) is 25.6 Å². The minimum Gasteiger partial charge on any atom is -0.481 e. The molecule has 16 N–H and O–H groups in total. The Hall–Kier alpha value is -6.38. The fourth-order valence-corrected chi connectivity index (χ4v) is 8.62. The topological polar surface area (TPSA) is 406 Å². The third-order valence-corrected chi connectivity index (χ3v) is 12.9. The number of aliphatic hydroxyl groups is 1. The molecule has 1 aromatic rings. The number of nitrogens with two attached hydrogens (primary N) is 3. The molecule has 9 atom stereocenters. The van der Waals surface area contributed by atoms with E-state index in [1.807, 2.05) is 34.0 Å². The Kier molecular flexibility index (Phi) is 29.1. The molecule has 1 aromatic carbocycles. The largest absolute Gasteiger partial charge is 0.481 e. The first-order chi connectivity index (χ1) is 35.8. The average molecular weight is 1090 g/mol. The van der Waals surface area contributed by atoms with E-state index >= 15 is 0 Å². The molecule has 1 aliphatic rings. The number of aliphatic carboxylic acids is 1. The van der Waals surface area contributed by atoms with Crippen LogP contribution in [0.1, 0.15) is 98.5 Å². The second-order valence-electron chi connectivity index (χ2n) is 20.0. The van der Waals surface area contributed by atoms with Crippen molar-refractivity contribution >= 4 is 76.8 Å². The van der Waals surface area contributed by atoms with Gasteiger partial charge < -0.3 is 74.8 Å². The molecule has 76 heavy (non-hydrogen) atoms. The van der Waals surface area contributed by atoms with Crippen molar-refractivity contribution in [3.05, 3.63) is 35.9 Å². The molecule has 1 aliphatic heterocycles. The number of nitrogens with zero attached hydrogens (tertiary/aromatic N) is 1.